The molecule has 118 valence electrons. The van der Waals surface area contributed by atoms with Gasteiger partial charge in [-0.1, -0.05) is 0 Å². The third-order valence-corrected chi connectivity index (χ3v) is 4.92. The second-order valence-corrected chi connectivity index (χ2v) is 6.89. The van der Waals surface area contributed by atoms with E-state index in [1.807, 2.05) is 6.07 Å². The van der Waals surface area contributed by atoms with Crippen LogP contribution in [0.2, 0.25) is 0 Å². The van der Waals surface area contributed by atoms with Gasteiger partial charge in [-0.15, -0.1) is 0 Å². The van der Waals surface area contributed by atoms with E-state index >= 15 is 0 Å². The summed E-state index contributed by atoms with van der Waals surface area (Å²) in [6.45, 7) is 1.55. The summed E-state index contributed by atoms with van der Waals surface area (Å²) in [5.41, 5.74) is 6.30. The number of sulfone groups is 1. The average molecular weight is 329 g/mol. The number of carbonyl (C=O) groups excluding carboxylic acids is 1. The van der Waals surface area contributed by atoms with Gasteiger partial charge in [-0.2, -0.15) is 5.26 Å². The molecule has 1 atom stereocenters. The Morgan fingerprint density at radius 2 is 1.57 bits per heavy atom. The van der Waals surface area contributed by atoms with Gasteiger partial charge in [0, 0.05) is 5.69 Å². The smallest absolute Gasteiger partial charge is 0.240 e. The highest BCUT2D eigenvalue weighted by Crippen LogP contribution is 2.22. The van der Waals surface area contributed by atoms with Crippen molar-refractivity contribution in [3.8, 4) is 6.07 Å². The van der Waals surface area contributed by atoms with Crippen LogP contribution in [0.4, 0.5) is 5.69 Å². The average Bonchev–Trinajstić information content (AvgIpc) is 2.55. The van der Waals surface area contributed by atoms with Crippen LogP contribution in [-0.2, 0) is 14.6 Å². The normalized spacial score (nSPS) is 12.2. The fourth-order valence-corrected chi connectivity index (χ4v) is 3.08. The molecule has 0 heterocycles. The fourth-order valence-electron chi connectivity index (χ4n) is 1.82. The van der Waals surface area contributed by atoms with Crippen molar-refractivity contribution in [3.05, 3.63) is 54.1 Å². The van der Waals surface area contributed by atoms with Crippen molar-refractivity contribution >= 4 is 21.4 Å². The first-order valence-corrected chi connectivity index (χ1v) is 8.24. The number of rotatable bonds is 4. The lowest BCUT2D eigenvalue weighted by Gasteiger charge is -2.09. The Hall–Kier alpha value is -2.69. The molecule has 23 heavy (non-hydrogen) atoms. The number of nitriles is 1. The predicted molar refractivity (Wildman–Crippen MR) is 85.3 cm³/mol. The topological polar surface area (TPSA) is 113 Å². The highest BCUT2D eigenvalue weighted by atomic mass is 32.2. The van der Waals surface area contributed by atoms with Crippen LogP contribution in [0.1, 0.15) is 12.5 Å². The first-order chi connectivity index (χ1) is 10.8. The largest absolute Gasteiger partial charge is 0.325 e. The first-order valence-electron chi connectivity index (χ1n) is 6.76. The quantitative estimate of drug-likeness (QED) is 0.886. The minimum atomic E-state index is -3.67. The summed E-state index contributed by atoms with van der Waals surface area (Å²) in [5.74, 6) is -0.354. The lowest BCUT2D eigenvalue weighted by Crippen LogP contribution is -2.32. The van der Waals surface area contributed by atoms with Crippen LogP contribution in [0.5, 0.6) is 0 Å². The Balaban J connectivity index is 2.26. The third-order valence-electron chi connectivity index (χ3n) is 3.14. The van der Waals surface area contributed by atoms with Crippen molar-refractivity contribution in [2.75, 3.05) is 5.32 Å². The molecule has 0 aromatic heterocycles. The Morgan fingerprint density at radius 1 is 1.09 bits per heavy atom. The molecule has 2 aromatic rings. The lowest BCUT2D eigenvalue weighted by atomic mass is 10.2. The van der Waals surface area contributed by atoms with Crippen molar-refractivity contribution in [2.45, 2.75) is 22.8 Å². The zero-order valence-corrected chi connectivity index (χ0v) is 13.2. The maximum Gasteiger partial charge on any atom is 0.240 e. The molecule has 0 aliphatic carbocycles. The van der Waals surface area contributed by atoms with Gasteiger partial charge in [0.15, 0.2) is 0 Å². The molecular formula is C16H15N3O3S. The van der Waals surface area contributed by atoms with Crippen molar-refractivity contribution in [1.82, 2.24) is 0 Å². The molecule has 6 nitrogen and oxygen atoms in total. The van der Waals surface area contributed by atoms with E-state index in [0.717, 1.165) is 0 Å². The molecule has 2 rings (SSSR count). The summed E-state index contributed by atoms with van der Waals surface area (Å²) in [4.78, 5) is 11.7. The zero-order valence-electron chi connectivity index (χ0n) is 12.4. The van der Waals surface area contributed by atoms with Gasteiger partial charge in [-0.05, 0) is 55.5 Å². The number of nitrogens with zero attached hydrogens (tertiary/aromatic N) is 1. The van der Waals surface area contributed by atoms with Gasteiger partial charge in [0.25, 0.3) is 0 Å². The third kappa shape index (κ3) is 3.74. The highest BCUT2D eigenvalue weighted by Gasteiger charge is 2.17. The molecule has 1 unspecified atom stereocenters. The van der Waals surface area contributed by atoms with Crippen molar-refractivity contribution in [3.63, 3.8) is 0 Å². The number of carbonyl (C=O) groups is 1. The van der Waals surface area contributed by atoms with Crippen LogP contribution < -0.4 is 11.1 Å². The number of hydrogen-bond acceptors (Lipinski definition) is 5. The molecule has 1 amide bonds. The summed E-state index contributed by atoms with van der Waals surface area (Å²) in [6, 6.07) is 12.8. The van der Waals surface area contributed by atoms with E-state index in [2.05, 4.69) is 5.32 Å². The zero-order chi connectivity index (χ0) is 17.0. The molecule has 0 radical (unpaired) electrons. The van der Waals surface area contributed by atoms with Crippen LogP contribution in [0, 0.1) is 11.3 Å². The lowest BCUT2D eigenvalue weighted by molar-refractivity contribution is -0.117. The van der Waals surface area contributed by atoms with E-state index in [1.54, 1.807) is 6.92 Å². The van der Waals surface area contributed by atoms with Crippen LogP contribution in [0.15, 0.2) is 58.3 Å². The number of nitrogens with two attached hydrogens (primary N) is 1. The molecule has 0 saturated carbocycles. The number of nitrogens with one attached hydrogen (secondary N) is 1. The second-order valence-electron chi connectivity index (χ2n) is 4.94. The predicted octanol–water partition coefficient (Wildman–Crippen LogP) is 1.68. The highest BCUT2D eigenvalue weighted by molar-refractivity contribution is 7.91. The van der Waals surface area contributed by atoms with Gasteiger partial charge in [0.05, 0.1) is 27.5 Å². The Bertz CT molecular complexity index is 849. The molecule has 3 N–H and O–H groups in total. The van der Waals surface area contributed by atoms with Gasteiger partial charge in [-0.25, -0.2) is 8.42 Å². The molecular weight excluding hydrogens is 314 g/mol. The van der Waals surface area contributed by atoms with Crippen LogP contribution in [0.3, 0.4) is 0 Å². The summed E-state index contributed by atoms with van der Waals surface area (Å²) < 4.78 is 25.0. The van der Waals surface area contributed by atoms with Gasteiger partial charge in [0.2, 0.25) is 15.7 Å². The van der Waals surface area contributed by atoms with Crippen molar-refractivity contribution in [1.29, 1.82) is 5.26 Å². The maximum absolute atomic E-state index is 12.5. The molecule has 0 aliphatic rings. The second kappa shape index (κ2) is 6.60. The van der Waals surface area contributed by atoms with E-state index in [1.165, 1.54) is 48.5 Å². The Morgan fingerprint density at radius 3 is 2.00 bits per heavy atom. The summed E-state index contributed by atoms with van der Waals surface area (Å²) in [5, 5.41) is 11.3. The first kappa shape index (κ1) is 16.7. The molecule has 7 heteroatoms. The molecule has 0 aliphatic heterocycles. The van der Waals surface area contributed by atoms with Crippen molar-refractivity contribution in [2.24, 2.45) is 5.73 Å². The summed E-state index contributed by atoms with van der Waals surface area (Å²) >= 11 is 0. The molecule has 0 fully saturated rings. The molecule has 0 bridgehead atoms. The van der Waals surface area contributed by atoms with Gasteiger partial charge in [0.1, 0.15) is 0 Å². The monoisotopic (exact) mass is 329 g/mol. The number of benzene rings is 2. The summed E-state index contributed by atoms with van der Waals surface area (Å²) in [7, 11) is -3.67. The van der Waals surface area contributed by atoms with E-state index < -0.39 is 15.9 Å². The van der Waals surface area contributed by atoms with E-state index in [4.69, 9.17) is 11.0 Å². The Labute approximate surface area is 134 Å². The van der Waals surface area contributed by atoms with E-state index in [0.29, 0.717) is 11.3 Å². The molecule has 2 aromatic carbocycles. The van der Waals surface area contributed by atoms with Gasteiger partial charge in [-0.3, -0.25) is 4.79 Å². The van der Waals surface area contributed by atoms with E-state index in [9.17, 15) is 13.2 Å². The number of anilines is 1. The Kier molecular flexibility index (Phi) is 4.79. The van der Waals surface area contributed by atoms with Gasteiger partial charge >= 0.3 is 0 Å². The number of amides is 1. The standard InChI is InChI=1S/C16H15N3O3S/c1-11(18)16(20)19-13-4-8-15(9-5-13)23(21,22)14-6-2-12(10-17)3-7-14/h2-9,11H,18H2,1H3,(H,19,20). The maximum atomic E-state index is 12.5. The van der Waals surface area contributed by atoms with Crippen molar-refractivity contribution < 1.29 is 13.2 Å². The van der Waals surface area contributed by atoms with Crippen LogP contribution in [-0.4, -0.2) is 20.4 Å². The molecule has 0 saturated heterocycles. The minimum absolute atomic E-state index is 0.0982. The minimum Gasteiger partial charge on any atom is -0.325 e. The van der Waals surface area contributed by atoms with Crippen LogP contribution in [0.25, 0.3) is 0 Å². The number of hydrogen-bond donors (Lipinski definition) is 2. The summed E-state index contributed by atoms with van der Waals surface area (Å²) in [6.07, 6.45) is 0. The van der Waals surface area contributed by atoms with Gasteiger partial charge < -0.3 is 11.1 Å². The molecule has 0 spiro atoms. The van der Waals surface area contributed by atoms with E-state index in [-0.39, 0.29) is 15.7 Å². The SMILES string of the molecule is CC(N)C(=O)Nc1ccc(S(=O)(=O)c2ccc(C#N)cc2)cc1. The fraction of sp³-hybridized carbons (Fsp3) is 0.125. The van der Waals surface area contributed by atoms with Crippen LogP contribution >= 0.6 is 0 Å².